The predicted octanol–water partition coefficient (Wildman–Crippen LogP) is 1.37. The zero-order chi connectivity index (χ0) is 16.0. The number of anilines is 1. The van der Waals surface area contributed by atoms with E-state index >= 15 is 0 Å². The van der Waals surface area contributed by atoms with Gasteiger partial charge in [-0.3, -0.25) is 0 Å². The molecule has 0 aromatic heterocycles. The van der Waals surface area contributed by atoms with Crippen LogP contribution in [0.2, 0.25) is 0 Å². The number of nitrogens with zero attached hydrogens (tertiary/aromatic N) is 1. The summed E-state index contributed by atoms with van der Waals surface area (Å²) in [6, 6.07) is 0. The maximum atomic E-state index is 13.3. The van der Waals surface area contributed by atoms with Crippen molar-refractivity contribution in [2.24, 2.45) is 0 Å². The Morgan fingerprint density at radius 3 is 1.15 bits per heavy atom. The van der Waals surface area contributed by atoms with Crippen LogP contribution in [0.25, 0.3) is 0 Å². The number of rotatable bonds is 3. The lowest BCUT2D eigenvalue weighted by Gasteiger charge is -2.26. The lowest BCUT2D eigenvalue weighted by molar-refractivity contribution is 0.343. The molecule has 0 radical (unpaired) electrons. The van der Waals surface area contributed by atoms with E-state index in [-0.39, 0.29) is 0 Å². The van der Waals surface area contributed by atoms with Crippen LogP contribution in [-0.2, 0) is 9.13 Å². The summed E-state index contributed by atoms with van der Waals surface area (Å²) in [4.78, 5) is 34.6. The fourth-order valence-electron chi connectivity index (χ4n) is 1.18. The first kappa shape index (κ1) is 17.0. The van der Waals surface area contributed by atoms with E-state index in [9.17, 15) is 31.1 Å². The van der Waals surface area contributed by atoms with Crippen LogP contribution in [0.4, 0.5) is 27.6 Å². The molecule has 0 spiro atoms. The van der Waals surface area contributed by atoms with Crippen LogP contribution >= 0.6 is 15.5 Å². The first-order valence-corrected chi connectivity index (χ1v) is 7.36. The minimum absolute atomic E-state index is 1.48. The molecule has 20 heavy (non-hydrogen) atoms. The van der Waals surface area contributed by atoms with Gasteiger partial charge < -0.3 is 19.6 Å². The third kappa shape index (κ3) is 2.85. The Balaban J connectivity index is 3.85. The third-order valence-corrected chi connectivity index (χ3v) is 4.67. The van der Waals surface area contributed by atoms with Crippen LogP contribution in [0.5, 0.6) is 0 Å². The van der Waals surface area contributed by atoms with Gasteiger partial charge in [-0.2, -0.15) is 4.44 Å². The number of halogens is 5. The van der Waals surface area contributed by atoms with Crippen molar-refractivity contribution in [3.8, 4) is 0 Å². The normalized spacial score (nSPS) is 12.7. The highest BCUT2D eigenvalue weighted by molar-refractivity contribution is 7.72. The molecule has 0 amide bonds. The quantitative estimate of drug-likeness (QED) is 0.283. The number of hydrogen-bond donors (Lipinski definition) is 4. The van der Waals surface area contributed by atoms with Crippen LogP contribution in [0.15, 0.2) is 0 Å². The van der Waals surface area contributed by atoms with Gasteiger partial charge in [0.2, 0.25) is 5.82 Å². The smallest absolute Gasteiger partial charge is 0.308 e. The molecule has 0 saturated heterocycles. The monoisotopic (exact) mass is 343 g/mol. The van der Waals surface area contributed by atoms with E-state index in [2.05, 4.69) is 0 Å². The Morgan fingerprint density at radius 1 is 0.650 bits per heavy atom. The summed E-state index contributed by atoms with van der Waals surface area (Å²) in [5.41, 5.74) is -2.43. The summed E-state index contributed by atoms with van der Waals surface area (Å²) in [5, 5.41) is 0. The van der Waals surface area contributed by atoms with Gasteiger partial charge in [0.15, 0.2) is 23.3 Å². The van der Waals surface area contributed by atoms with Crippen molar-refractivity contribution in [2.45, 2.75) is 0 Å². The molecule has 1 aromatic carbocycles. The van der Waals surface area contributed by atoms with Crippen molar-refractivity contribution in [1.82, 2.24) is 0 Å². The van der Waals surface area contributed by atoms with Crippen LogP contribution in [0.1, 0.15) is 0 Å². The van der Waals surface area contributed by atoms with Crippen LogP contribution < -0.4 is 4.44 Å². The van der Waals surface area contributed by atoms with E-state index in [0.717, 1.165) is 0 Å². The topological polar surface area (TPSA) is 118 Å². The van der Waals surface area contributed by atoms with E-state index in [4.69, 9.17) is 19.6 Å². The molecule has 0 fully saturated rings. The standard InChI is InChI=1S/C6H4F5NO6P2/c7-1-2(8)4(10)6(5(11)3(1)9)12(19(13,14)15)20(16,17)18/h(H2,13,14,15)(H2,16,17,18). The fourth-order valence-corrected chi connectivity index (χ4v) is 3.27. The molecule has 0 aliphatic carbocycles. The minimum Gasteiger partial charge on any atom is -0.308 e. The van der Waals surface area contributed by atoms with E-state index in [1.165, 1.54) is 0 Å². The van der Waals surface area contributed by atoms with Gasteiger partial charge in [-0.1, -0.05) is 0 Å². The van der Waals surface area contributed by atoms with Gasteiger partial charge in [0, 0.05) is 0 Å². The molecule has 4 N–H and O–H groups in total. The van der Waals surface area contributed by atoms with Crippen molar-refractivity contribution in [3.05, 3.63) is 29.1 Å². The van der Waals surface area contributed by atoms with E-state index < -0.39 is 54.7 Å². The van der Waals surface area contributed by atoms with E-state index in [0.29, 0.717) is 0 Å². The summed E-state index contributed by atoms with van der Waals surface area (Å²) < 4.78 is 85.2. The lowest BCUT2D eigenvalue weighted by Crippen LogP contribution is -2.20. The maximum absolute atomic E-state index is 13.3. The Bertz CT molecular complexity index is 605. The van der Waals surface area contributed by atoms with Crippen molar-refractivity contribution < 1.29 is 50.7 Å². The van der Waals surface area contributed by atoms with Gasteiger partial charge in [0.1, 0.15) is 5.69 Å². The summed E-state index contributed by atoms with van der Waals surface area (Å²) in [7, 11) is -12.2. The zero-order valence-electron chi connectivity index (χ0n) is 8.84. The SMILES string of the molecule is O=P(O)(O)N(c1c(F)c(F)c(F)c(F)c1F)P(=O)(O)O. The molecule has 0 atom stereocenters. The molecule has 114 valence electrons. The molecule has 7 nitrogen and oxygen atoms in total. The average Bonchev–Trinajstić information content (AvgIpc) is 2.26. The summed E-state index contributed by atoms with van der Waals surface area (Å²) in [6.45, 7) is 0. The molecule has 14 heteroatoms. The highest BCUT2D eigenvalue weighted by Gasteiger charge is 2.45. The molecule has 1 aromatic rings. The highest BCUT2D eigenvalue weighted by Crippen LogP contribution is 2.61. The van der Waals surface area contributed by atoms with Crippen LogP contribution in [0, 0.1) is 29.1 Å². The minimum atomic E-state index is -6.09. The molecule has 0 saturated carbocycles. The van der Waals surface area contributed by atoms with Crippen molar-refractivity contribution in [2.75, 3.05) is 4.44 Å². The van der Waals surface area contributed by atoms with Gasteiger partial charge >= 0.3 is 15.5 Å². The van der Waals surface area contributed by atoms with E-state index in [1.54, 1.807) is 0 Å². The third-order valence-electron chi connectivity index (χ3n) is 1.88. The van der Waals surface area contributed by atoms with Crippen LogP contribution in [0.3, 0.4) is 0 Å². The van der Waals surface area contributed by atoms with Gasteiger partial charge in [0.05, 0.1) is 0 Å². The van der Waals surface area contributed by atoms with Gasteiger partial charge in [-0.05, 0) is 0 Å². The van der Waals surface area contributed by atoms with Crippen molar-refractivity contribution in [1.29, 1.82) is 0 Å². The second-order valence-electron chi connectivity index (χ2n) is 3.23. The predicted molar refractivity (Wildman–Crippen MR) is 52.8 cm³/mol. The summed E-state index contributed by atoms with van der Waals surface area (Å²) in [6.07, 6.45) is 0. The largest absolute Gasteiger partial charge is 0.439 e. The molecule has 0 heterocycles. The molecular weight excluding hydrogens is 339 g/mol. The summed E-state index contributed by atoms with van der Waals surface area (Å²) in [5.74, 6) is -13.5. The van der Waals surface area contributed by atoms with E-state index in [1.807, 2.05) is 0 Å². The van der Waals surface area contributed by atoms with Crippen molar-refractivity contribution >= 4 is 21.2 Å². The Morgan fingerprint density at radius 2 is 0.900 bits per heavy atom. The number of hydrogen-bond acceptors (Lipinski definition) is 2. The Hall–Kier alpha value is -1.03. The fraction of sp³-hybridized carbons (Fsp3) is 0. The number of benzene rings is 1. The average molecular weight is 343 g/mol. The first-order valence-electron chi connectivity index (χ1n) is 4.23. The first-order chi connectivity index (χ1) is 8.80. The molecule has 0 bridgehead atoms. The second-order valence-corrected chi connectivity index (χ2v) is 6.40. The Labute approximate surface area is 106 Å². The van der Waals surface area contributed by atoms with Crippen molar-refractivity contribution in [3.63, 3.8) is 0 Å². The van der Waals surface area contributed by atoms with Crippen LogP contribution in [-0.4, -0.2) is 19.6 Å². The second kappa shape index (κ2) is 5.06. The van der Waals surface area contributed by atoms with Gasteiger partial charge in [0.25, 0.3) is 0 Å². The zero-order valence-corrected chi connectivity index (χ0v) is 10.6. The molecule has 1 rings (SSSR count). The highest BCUT2D eigenvalue weighted by atomic mass is 31.3. The lowest BCUT2D eigenvalue weighted by atomic mass is 10.2. The molecule has 0 aliphatic heterocycles. The summed E-state index contributed by atoms with van der Waals surface area (Å²) >= 11 is 0. The maximum Gasteiger partial charge on any atom is 0.439 e. The molecule has 0 unspecified atom stereocenters. The molecular formula is C6H4F5NO6P2. The van der Waals surface area contributed by atoms with Gasteiger partial charge in [-0.15, -0.1) is 0 Å². The molecule has 0 aliphatic rings. The Kier molecular flexibility index (Phi) is 4.31. The van der Waals surface area contributed by atoms with Gasteiger partial charge in [-0.25, -0.2) is 31.1 Å².